The minimum absolute atomic E-state index is 0.312. The Morgan fingerprint density at radius 1 is 1.00 bits per heavy atom. The molecule has 0 radical (unpaired) electrons. The minimum atomic E-state index is 0.312. The van der Waals surface area contributed by atoms with E-state index in [1.54, 1.807) is 0 Å². The van der Waals surface area contributed by atoms with Gasteiger partial charge in [0.05, 0.1) is 12.7 Å². The number of aryl methyl sites for hydroxylation is 2. The van der Waals surface area contributed by atoms with Gasteiger partial charge in [0.25, 0.3) is 0 Å². The molecule has 0 bridgehead atoms. The Labute approximate surface area is 202 Å². The number of hydrogen-bond donors (Lipinski definition) is 1. The van der Waals surface area contributed by atoms with Crippen molar-refractivity contribution in [3.63, 3.8) is 0 Å². The van der Waals surface area contributed by atoms with Crippen LogP contribution in [0.3, 0.4) is 0 Å². The highest BCUT2D eigenvalue weighted by molar-refractivity contribution is 7.80. The van der Waals surface area contributed by atoms with Crippen LogP contribution in [0, 0.1) is 13.8 Å². The van der Waals surface area contributed by atoms with E-state index >= 15 is 0 Å². The summed E-state index contributed by atoms with van der Waals surface area (Å²) in [4.78, 5) is 5.71. The van der Waals surface area contributed by atoms with E-state index in [0.29, 0.717) is 18.8 Å². The van der Waals surface area contributed by atoms with Crippen molar-refractivity contribution < 1.29 is 4.74 Å². The number of halogens is 1. The second-order valence-electron chi connectivity index (χ2n) is 9.10. The molecule has 6 heteroatoms. The lowest BCUT2D eigenvalue weighted by Crippen LogP contribution is -2.49. The molecule has 0 atom stereocenters. The average Bonchev–Trinajstić information content (AvgIpc) is 2.81. The quantitative estimate of drug-likeness (QED) is 0.534. The van der Waals surface area contributed by atoms with Gasteiger partial charge >= 0.3 is 0 Å². The highest BCUT2D eigenvalue weighted by Crippen LogP contribution is 2.26. The third kappa shape index (κ3) is 6.15. The van der Waals surface area contributed by atoms with Gasteiger partial charge in [0.1, 0.15) is 4.99 Å². The summed E-state index contributed by atoms with van der Waals surface area (Å²) < 4.78 is 6.21. The standard InChI is InChI=1S/C26H34ClN3OS/c1-19-3-8-23(9-4-19)29-13-15-30(16-14-29)26(32)18-31-24-10-5-21(6-11-24)28-22-7-12-25(27)20(2)17-22/h3-4,7-9,12,17,21,24,28H,5-6,10-11,13-16,18H2,1-2H3. The van der Waals surface area contributed by atoms with Crippen LogP contribution in [0.5, 0.6) is 0 Å². The zero-order valence-corrected chi connectivity index (χ0v) is 20.7. The molecule has 172 valence electrons. The highest BCUT2D eigenvalue weighted by atomic mass is 35.5. The summed E-state index contributed by atoms with van der Waals surface area (Å²) in [6.07, 6.45) is 4.71. The smallest absolute Gasteiger partial charge is 0.104 e. The molecule has 0 aromatic heterocycles. The van der Waals surface area contributed by atoms with Crippen LogP contribution in [0.4, 0.5) is 11.4 Å². The molecule has 0 unspecified atom stereocenters. The van der Waals surface area contributed by atoms with Crippen LogP contribution in [0.2, 0.25) is 5.02 Å². The van der Waals surface area contributed by atoms with E-state index in [2.05, 4.69) is 58.4 Å². The molecule has 2 fully saturated rings. The molecule has 1 saturated carbocycles. The van der Waals surface area contributed by atoms with E-state index in [-0.39, 0.29) is 0 Å². The maximum atomic E-state index is 6.21. The molecular weight excluding hydrogens is 438 g/mol. The Hall–Kier alpha value is -1.82. The van der Waals surface area contributed by atoms with E-state index in [9.17, 15) is 0 Å². The third-order valence-corrected chi connectivity index (χ3v) is 7.48. The van der Waals surface area contributed by atoms with Crippen molar-refractivity contribution in [3.8, 4) is 0 Å². The Kier molecular flexibility index (Phi) is 7.93. The predicted molar refractivity (Wildman–Crippen MR) is 139 cm³/mol. The zero-order chi connectivity index (χ0) is 22.5. The Balaban J connectivity index is 1.15. The van der Waals surface area contributed by atoms with E-state index in [4.69, 9.17) is 28.6 Å². The molecular formula is C26H34ClN3OS. The molecule has 0 amide bonds. The number of benzene rings is 2. The first-order chi connectivity index (χ1) is 15.5. The Morgan fingerprint density at radius 3 is 2.34 bits per heavy atom. The maximum absolute atomic E-state index is 6.21. The summed E-state index contributed by atoms with van der Waals surface area (Å²) in [5.74, 6) is 0. The van der Waals surface area contributed by atoms with Gasteiger partial charge in [-0.2, -0.15) is 0 Å². The van der Waals surface area contributed by atoms with Gasteiger partial charge < -0.3 is 19.9 Å². The summed E-state index contributed by atoms with van der Waals surface area (Å²) in [7, 11) is 0. The van der Waals surface area contributed by atoms with Crippen LogP contribution in [0.15, 0.2) is 42.5 Å². The first-order valence-corrected chi connectivity index (χ1v) is 12.5. The molecule has 1 heterocycles. The molecule has 32 heavy (non-hydrogen) atoms. The van der Waals surface area contributed by atoms with E-state index in [1.807, 2.05) is 13.0 Å². The summed E-state index contributed by atoms with van der Waals surface area (Å²) in [6, 6.07) is 15.4. The highest BCUT2D eigenvalue weighted by Gasteiger charge is 2.24. The molecule has 0 spiro atoms. The van der Waals surface area contributed by atoms with Crippen LogP contribution < -0.4 is 10.2 Å². The molecule has 2 aliphatic rings. The topological polar surface area (TPSA) is 27.7 Å². The van der Waals surface area contributed by atoms with Crippen molar-refractivity contribution >= 4 is 40.2 Å². The number of thiocarbonyl (C=S) groups is 1. The summed E-state index contributed by atoms with van der Waals surface area (Å²) >= 11 is 11.8. The fourth-order valence-electron chi connectivity index (χ4n) is 4.59. The van der Waals surface area contributed by atoms with Crippen molar-refractivity contribution in [3.05, 3.63) is 58.6 Å². The minimum Gasteiger partial charge on any atom is -0.382 e. The van der Waals surface area contributed by atoms with Gasteiger partial charge in [-0.25, -0.2) is 0 Å². The first kappa shape index (κ1) is 23.3. The maximum Gasteiger partial charge on any atom is 0.104 e. The first-order valence-electron chi connectivity index (χ1n) is 11.7. The second kappa shape index (κ2) is 10.9. The van der Waals surface area contributed by atoms with Gasteiger partial charge in [0, 0.05) is 48.6 Å². The third-order valence-electron chi connectivity index (χ3n) is 6.68. The molecule has 1 saturated heterocycles. The summed E-state index contributed by atoms with van der Waals surface area (Å²) in [5.41, 5.74) is 4.87. The van der Waals surface area contributed by atoms with Gasteiger partial charge in [0.15, 0.2) is 0 Å². The summed E-state index contributed by atoms with van der Waals surface area (Å²) in [6.45, 7) is 8.68. The number of piperazine rings is 1. The predicted octanol–water partition coefficient (Wildman–Crippen LogP) is 5.85. The average molecular weight is 472 g/mol. The Morgan fingerprint density at radius 2 is 1.69 bits per heavy atom. The molecule has 1 aliphatic heterocycles. The number of ether oxygens (including phenoxy) is 1. The van der Waals surface area contributed by atoms with Crippen molar-refractivity contribution in [1.82, 2.24) is 4.90 Å². The fraction of sp³-hybridized carbons (Fsp3) is 0.500. The van der Waals surface area contributed by atoms with Crippen LogP contribution >= 0.6 is 23.8 Å². The van der Waals surface area contributed by atoms with Crippen molar-refractivity contribution in [2.45, 2.75) is 51.7 Å². The molecule has 1 N–H and O–H groups in total. The van der Waals surface area contributed by atoms with Gasteiger partial charge in [-0.1, -0.05) is 41.5 Å². The molecule has 4 rings (SSSR count). The van der Waals surface area contributed by atoms with Crippen LogP contribution in [-0.2, 0) is 4.74 Å². The van der Waals surface area contributed by atoms with Crippen molar-refractivity contribution in [1.29, 1.82) is 0 Å². The van der Waals surface area contributed by atoms with Gasteiger partial charge in [0.2, 0.25) is 0 Å². The number of nitrogens with one attached hydrogen (secondary N) is 1. The van der Waals surface area contributed by atoms with Gasteiger partial charge in [-0.3, -0.25) is 0 Å². The summed E-state index contributed by atoms with van der Waals surface area (Å²) in [5, 5.41) is 4.47. The Bertz CT molecular complexity index is 904. The fourth-order valence-corrected chi connectivity index (χ4v) is 4.96. The van der Waals surface area contributed by atoms with E-state index in [0.717, 1.165) is 73.1 Å². The lowest BCUT2D eigenvalue weighted by atomic mass is 9.92. The lowest BCUT2D eigenvalue weighted by Gasteiger charge is -2.38. The number of anilines is 2. The van der Waals surface area contributed by atoms with E-state index < -0.39 is 0 Å². The van der Waals surface area contributed by atoms with Crippen molar-refractivity contribution in [2.75, 3.05) is 43.0 Å². The van der Waals surface area contributed by atoms with E-state index in [1.165, 1.54) is 11.3 Å². The number of hydrogen-bond acceptors (Lipinski definition) is 4. The van der Waals surface area contributed by atoms with Crippen LogP contribution in [-0.4, -0.2) is 54.8 Å². The normalized spacial score (nSPS) is 21.5. The molecule has 4 nitrogen and oxygen atoms in total. The molecule has 1 aliphatic carbocycles. The largest absolute Gasteiger partial charge is 0.382 e. The van der Waals surface area contributed by atoms with Crippen molar-refractivity contribution in [2.24, 2.45) is 0 Å². The van der Waals surface area contributed by atoms with Gasteiger partial charge in [-0.05, 0) is 75.4 Å². The molecule has 2 aromatic rings. The second-order valence-corrected chi connectivity index (χ2v) is 9.97. The number of nitrogens with zero attached hydrogens (tertiary/aromatic N) is 2. The lowest BCUT2D eigenvalue weighted by molar-refractivity contribution is 0.0473. The molecule has 2 aromatic carbocycles. The zero-order valence-electron chi connectivity index (χ0n) is 19.1. The van der Waals surface area contributed by atoms with Gasteiger partial charge in [-0.15, -0.1) is 0 Å². The number of rotatable bonds is 6. The van der Waals surface area contributed by atoms with Crippen LogP contribution in [0.25, 0.3) is 0 Å². The van der Waals surface area contributed by atoms with Crippen LogP contribution in [0.1, 0.15) is 36.8 Å². The monoisotopic (exact) mass is 471 g/mol. The SMILES string of the molecule is Cc1ccc(N2CCN(C(=S)COC3CCC(Nc4ccc(Cl)c(C)c4)CC3)CC2)cc1.